The Kier molecular flexibility index (Phi) is 36.1. The van der Waals surface area contributed by atoms with Crippen LogP contribution < -0.4 is 4.89 Å². The Morgan fingerprint density at radius 2 is 1.10 bits per heavy atom. The fourth-order valence-corrected chi connectivity index (χ4v) is 6.34. The SMILES string of the molecule is CCCCCCCCCCCCCCCC(=O)OCC(COP(=O)([O-])OCC[N+](C)(C)C)OC(=O)CC/C=C/C/C=C/C/C=C/C/C=C/C/C=C/CC(O)C(O)CC. The molecule has 0 rings (SSSR count). The highest BCUT2D eigenvalue weighted by Crippen LogP contribution is 2.38. The first-order valence-electron chi connectivity index (χ1n) is 22.2. The Morgan fingerprint density at radius 1 is 0.621 bits per heavy atom. The van der Waals surface area contributed by atoms with Crippen molar-refractivity contribution >= 4 is 19.8 Å². The van der Waals surface area contributed by atoms with Crippen LogP contribution in [0.25, 0.3) is 0 Å². The van der Waals surface area contributed by atoms with Gasteiger partial charge in [-0.1, -0.05) is 152 Å². The van der Waals surface area contributed by atoms with Crippen molar-refractivity contribution in [3.8, 4) is 0 Å². The summed E-state index contributed by atoms with van der Waals surface area (Å²) in [5.74, 6) is -0.964. The van der Waals surface area contributed by atoms with Gasteiger partial charge in [0, 0.05) is 12.8 Å². The average molecular weight is 840 g/mol. The van der Waals surface area contributed by atoms with E-state index in [0.29, 0.717) is 36.7 Å². The third kappa shape index (κ3) is 39.1. The molecular formula is C46H82NO10P. The van der Waals surface area contributed by atoms with Gasteiger partial charge in [-0.15, -0.1) is 0 Å². The number of allylic oxidation sites excluding steroid dienone is 9. The van der Waals surface area contributed by atoms with Gasteiger partial charge in [0.15, 0.2) is 6.10 Å². The molecule has 0 aromatic rings. The molecule has 0 radical (unpaired) electrons. The zero-order valence-electron chi connectivity index (χ0n) is 36.9. The van der Waals surface area contributed by atoms with Gasteiger partial charge in [0.1, 0.15) is 19.8 Å². The Bertz CT molecular complexity index is 1210. The Labute approximate surface area is 352 Å². The van der Waals surface area contributed by atoms with Crippen molar-refractivity contribution in [3.63, 3.8) is 0 Å². The zero-order chi connectivity index (χ0) is 43.2. The van der Waals surface area contributed by atoms with Crippen molar-refractivity contribution in [2.75, 3.05) is 47.5 Å². The smallest absolute Gasteiger partial charge is 0.306 e. The molecule has 11 nitrogen and oxygen atoms in total. The molecule has 4 atom stereocenters. The van der Waals surface area contributed by atoms with E-state index in [4.69, 9.17) is 18.5 Å². The average Bonchev–Trinajstić information content (AvgIpc) is 3.17. The summed E-state index contributed by atoms with van der Waals surface area (Å²) in [7, 11) is 1.08. The molecule has 0 saturated heterocycles. The number of quaternary nitrogens is 1. The van der Waals surface area contributed by atoms with Crippen LogP contribution in [0.2, 0.25) is 0 Å². The fraction of sp³-hybridized carbons (Fsp3) is 0.739. The van der Waals surface area contributed by atoms with E-state index in [1.807, 2.05) is 58.4 Å². The van der Waals surface area contributed by atoms with Crippen LogP contribution in [0.3, 0.4) is 0 Å². The molecule has 0 fully saturated rings. The van der Waals surface area contributed by atoms with Crippen molar-refractivity contribution < 1.29 is 52.3 Å². The number of carbonyl (C=O) groups excluding carboxylic acids is 2. The number of carbonyl (C=O) groups is 2. The standard InChI is InChI=1S/C46H82NO10P/c1-6-8-9-10-11-12-13-17-21-24-27-30-33-36-45(50)54-40-42(41-56-58(52,53)55-39-38-47(3,4)5)57-46(51)37-34-31-28-25-22-19-16-14-15-18-20-23-26-29-32-35-44(49)43(48)7-2/h14-15,19-20,22-23,28-29,31-32,42-44,48-49H,6-13,16-18,21,24-27,30,33-41H2,1-5H3/b15-14+,22-19+,23-20+,31-28+,32-29+. The summed E-state index contributed by atoms with van der Waals surface area (Å²) < 4.78 is 33.7. The molecule has 0 aliphatic carbocycles. The lowest BCUT2D eigenvalue weighted by atomic mass is 10.0. The molecule has 58 heavy (non-hydrogen) atoms. The number of likely N-dealkylation sites (N-methyl/N-ethyl adjacent to an activating group) is 1. The van der Waals surface area contributed by atoms with Crippen molar-refractivity contribution in [2.24, 2.45) is 0 Å². The molecule has 336 valence electrons. The van der Waals surface area contributed by atoms with E-state index in [2.05, 4.69) is 37.3 Å². The quantitative estimate of drug-likeness (QED) is 0.0201. The minimum atomic E-state index is -4.66. The van der Waals surface area contributed by atoms with Crippen LogP contribution >= 0.6 is 7.82 Å². The van der Waals surface area contributed by atoms with Crippen LogP contribution in [0.4, 0.5) is 0 Å². The van der Waals surface area contributed by atoms with Crippen molar-refractivity contribution in [1.82, 2.24) is 0 Å². The van der Waals surface area contributed by atoms with Crippen molar-refractivity contribution in [1.29, 1.82) is 0 Å². The number of hydrogen-bond donors (Lipinski definition) is 2. The summed E-state index contributed by atoms with van der Waals surface area (Å²) in [5, 5.41) is 19.3. The summed E-state index contributed by atoms with van der Waals surface area (Å²) in [6.07, 6.45) is 38.3. The number of rotatable bonds is 39. The minimum Gasteiger partial charge on any atom is -0.756 e. The van der Waals surface area contributed by atoms with Crippen LogP contribution in [0.15, 0.2) is 60.8 Å². The molecule has 0 heterocycles. The van der Waals surface area contributed by atoms with Gasteiger partial charge in [-0.25, -0.2) is 0 Å². The molecular weight excluding hydrogens is 757 g/mol. The van der Waals surface area contributed by atoms with E-state index >= 15 is 0 Å². The summed E-state index contributed by atoms with van der Waals surface area (Å²) >= 11 is 0. The summed E-state index contributed by atoms with van der Waals surface area (Å²) in [6.45, 7) is 3.66. The summed E-state index contributed by atoms with van der Waals surface area (Å²) in [4.78, 5) is 37.5. The predicted octanol–water partition coefficient (Wildman–Crippen LogP) is 9.77. The number of esters is 2. The van der Waals surface area contributed by atoms with E-state index < -0.39 is 44.7 Å². The van der Waals surface area contributed by atoms with Gasteiger partial charge in [-0.05, 0) is 51.4 Å². The highest BCUT2D eigenvalue weighted by Gasteiger charge is 2.21. The highest BCUT2D eigenvalue weighted by atomic mass is 31.2. The first-order chi connectivity index (χ1) is 27.8. The van der Waals surface area contributed by atoms with E-state index in [-0.39, 0.29) is 26.1 Å². The number of aliphatic hydroxyl groups is 2. The molecule has 2 N–H and O–H groups in total. The topological polar surface area (TPSA) is 152 Å². The molecule has 12 heteroatoms. The molecule has 0 bridgehead atoms. The van der Waals surface area contributed by atoms with Gasteiger partial charge in [0.2, 0.25) is 0 Å². The Balaban J connectivity index is 4.52. The third-order valence-electron chi connectivity index (χ3n) is 9.32. The number of phosphoric ester groups is 1. The van der Waals surface area contributed by atoms with Crippen molar-refractivity contribution in [3.05, 3.63) is 60.8 Å². The normalized spacial score (nSPS) is 15.2. The zero-order valence-corrected chi connectivity index (χ0v) is 37.8. The van der Waals surface area contributed by atoms with E-state index in [1.54, 1.807) is 0 Å². The lowest BCUT2D eigenvalue weighted by molar-refractivity contribution is -0.870. The van der Waals surface area contributed by atoms with Gasteiger partial charge >= 0.3 is 11.9 Å². The van der Waals surface area contributed by atoms with Crippen LogP contribution in [-0.2, 0) is 32.7 Å². The van der Waals surface area contributed by atoms with E-state index in [9.17, 15) is 29.3 Å². The van der Waals surface area contributed by atoms with Crippen LogP contribution in [0.1, 0.15) is 155 Å². The second-order valence-corrected chi connectivity index (χ2v) is 17.4. The number of unbranched alkanes of at least 4 members (excludes halogenated alkanes) is 12. The molecule has 4 unspecified atom stereocenters. The molecule has 0 aliphatic rings. The van der Waals surface area contributed by atoms with Gasteiger partial charge in [0.05, 0.1) is 40.0 Å². The van der Waals surface area contributed by atoms with E-state index in [0.717, 1.165) is 44.9 Å². The number of hydrogen-bond acceptors (Lipinski definition) is 10. The first-order valence-corrected chi connectivity index (χ1v) is 23.6. The second kappa shape index (κ2) is 37.6. The van der Waals surface area contributed by atoms with Gasteiger partial charge in [-0.3, -0.25) is 14.2 Å². The molecule has 0 aromatic carbocycles. The maximum absolute atomic E-state index is 12.6. The Morgan fingerprint density at radius 3 is 1.60 bits per heavy atom. The maximum atomic E-state index is 12.6. The number of nitrogens with zero attached hydrogens (tertiary/aromatic N) is 1. The van der Waals surface area contributed by atoms with Crippen LogP contribution in [0.5, 0.6) is 0 Å². The highest BCUT2D eigenvalue weighted by molar-refractivity contribution is 7.45. The van der Waals surface area contributed by atoms with Gasteiger partial charge in [-0.2, -0.15) is 0 Å². The molecule has 0 spiro atoms. The number of ether oxygens (including phenoxy) is 2. The lowest BCUT2D eigenvalue weighted by Crippen LogP contribution is -2.37. The first kappa shape index (κ1) is 55.6. The number of aliphatic hydroxyl groups excluding tert-OH is 2. The number of phosphoric acid groups is 1. The monoisotopic (exact) mass is 840 g/mol. The second-order valence-electron chi connectivity index (χ2n) is 16.0. The Hall–Kier alpha value is -2.37. The molecule has 0 aromatic heterocycles. The van der Waals surface area contributed by atoms with Crippen molar-refractivity contribution in [2.45, 2.75) is 173 Å². The fourth-order valence-electron chi connectivity index (χ4n) is 5.61. The van der Waals surface area contributed by atoms with Gasteiger partial charge < -0.3 is 38.1 Å². The third-order valence-corrected chi connectivity index (χ3v) is 10.3. The summed E-state index contributed by atoms with van der Waals surface area (Å²) in [6, 6.07) is 0. The molecule has 0 saturated carbocycles. The minimum absolute atomic E-state index is 0.0568. The van der Waals surface area contributed by atoms with Crippen LogP contribution in [-0.4, -0.2) is 92.5 Å². The predicted molar refractivity (Wildman–Crippen MR) is 234 cm³/mol. The van der Waals surface area contributed by atoms with Gasteiger partial charge in [0.25, 0.3) is 7.82 Å². The van der Waals surface area contributed by atoms with Crippen LogP contribution in [0, 0.1) is 0 Å². The largest absolute Gasteiger partial charge is 0.756 e. The lowest BCUT2D eigenvalue weighted by Gasteiger charge is -2.28. The van der Waals surface area contributed by atoms with E-state index in [1.165, 1.54) is 57.8 Å². The molecule has 0 amide bonds. The summed E-state index contributed by atoms with van der Waals surface area (Å²) in [5.41, 5.74) is 0. The molecule has 0 aliphatic heterocycles. The maximum Gasteiger partial charge on any atom is 0.306 e.